The molecular weight excluding hydrogens is 303 g/mol. The normalized spacial score (nSPS) is 9.85. The summed E-state index contributed by atoms with van der Waals surface area (Å²) in [6.45, 7) is 0. The van der Waals surface area contributed by atoms with Crippen molar-refractivity contribution in [1.29, 1.82) is 5.26 Å². The highest BCUT2D eigenvalue weighted by Crippen LogP contribution is 2.32. The van der Waals surface area contributed by atoms with Crippen molar-refractivity contribution in [2.24, 2.45) is 0 Å². The Morgan fingerprint density at radius 1 is 1.15 bits per heavy atom. The molecule has 2 aromatic carbocycles. The topological polar surface area (TPSA) is 76.2 Å². The summed E-state index contributed by atoms with van der Waals surface area (Å²) < 4.78 is 5.48. The number of nitro benzene ring substituents is 1. The second kappa shape index (κ2) is 5.78. The predicted octanol–water partition coefficient (Wildman–Crippen LogP) is 4.57. The molecule has 0 aliphatic rings. The monoisotopic (exact) mass is 308 g/mol. The third-order valence-corrected chi connectivity index (χ3v) is 3.15. The van der Waals surface area contributed by atoms with Crippen LogP contribution in [-0.4, -0.2) is 4.92 Å². The summed E-state index contributed by atoms with van der Waals surface area (Å²) in [5, 5.41) is 20.3. The van der Waals surface area contributed by atoms with Crippen LogP contribution in [0, 0.1) is 21.4 Å². The van der Waals surface area contributed by atoms with Crippen LogP contribution >= 0.6 is 23.2 Å². The van der Waals surface area contributed by atoms with Crippen LogP contribution in [0.2, 0.25) is 10.0 Å². The fraction of sp³-hybridized carbons (Fsp3) is 0. The third-order valence-electron chi connectivity index (χ3n) is 2.41. The summed E-state index contributed by atoms with van der Waals surface area (Å²) in [4.78, 5) is 10.1. The molecule has 0 heterocycles. The number of ether oxygens (including phenoxy) is 1. The van der Waals surface area contributed by atoms with Gasteiger partial charge in [-0.25, -0.2) is 0 Å². The van der Waals surface area contributed by atoms with Crippen LogP contribution < -0.4 is 4.74 Å². The molecule has 0 spiro atoms. The van der Waals surface area contributed by atoms with E-state index >= 15 is 0 Å². The lowest BCUT2D eigenvalue weighted by atomic mass is 10.2. The van der Waals surface area contributed by atoms with Crippen molar-refractivity contribution >= 4 is 28.9 Å². The molecule has 20 heavy (non-hydrogen) atoms. The Kier molecular flexibility index (Phi) is 4.08. The van der Waals surface area contributed by atoms with Gasteiger partial charge in [-0.3, -0.25) is 10.1 Å². The molecule has 0 aromatic heterocycles. The van der Waals surface area contributed by atoms with Crippen molar-refractivity contribution in [3.8, 4) is 17.6 Å². The first-order valence-electron chi connectivity index (χ1n) is 5.32. The summed E-state index contributed by atoms with van der Waals surface area (Å²) >= 11 is 11.6. The van der Waals surface area contributed by atoms with E-state index in [-0.39, 0.29) is 17.0 Å². The van der Waals surface area contributed by atoms with Crippen LogP contribution in [0.1, 0.15) is 5.56 Å². The Hall–Kier alpha value is -2.29. The minimum Gasteiger partial charge on any atom is -0.456 e. The minimum absolute atomic E-state index is 0.0604. The van der Waals surface area contributed by atoms with E-state index in [1.807, 2.05) is 6.07 Å². The fourth-order valence-corrected chi connectivity index (χ4v) is 1.76. The number of halogens is 2. The van der Waals surface area contributed by atoms with Gasteiger partial charge in [0.05, 0.1) is 15.0 Å². The van der Waals surface area contributed by atoms with Crippen LogP contribution in [-0.2, 0) is 0 Å². The molecule has 0 atom stereocenters. The van der Waals surface area contributed by atoms with Gasteiger partial charge >= 0.3 is 0 Å². The molecule has 0 bridgehead atoms. The molecule has 0 aliphatic carbocycles. The van der Waals surface area contributed by atoms with Crippen molar-refractivity contribution in [1.82, 2.24) is 0 Å². The lowest BCUT2D eigenvalue weighted by Crippen LogP contribution is -1.92. The van der Waals surface area contributed by atoms with Gasteiger partial charge in [-0.15, -0.1) is 0 Å². The van der Waals surface area contributed by atoms with E-state index in [0.29, 0.717) is 15.8 Å². The zero-order chi connectivity index (χ0) is 14.7. The first-order valence-corrected chi connectivity index (χ1v) is 6.08. The summed E-state index contributed by atoms with van der Waals surface area (Å²) in [5.41, 5.74) is -0.117. The van der Waals surface area contributed by atoms with Crippen LogP contribution in [0.4, 0.5) is 5.69 Å². The van der Waals surface area contributed by atoms with Crippen molar-refractivity contribution < 1.29 is 9.66 Å². The standard InChI is InChI=1S/C13H6Cl2N2O3/c14-11-3-2-10(6-12(11)15)20-13-4-1-9(17(18)19)5-8(13)7-16/h1-6H. The maximum atomic E-state index is 10.6. The second-order valence-corrected chi connectivity index (χ2v) is 4.54. The lowest BCUT2D eigenvalue weighted by molar-refractivity contribution is -0.384. The predicted molar refractivity (Wildman–Crippen MR) is 74.3 cm³/mol. The maximum Gasteiger partial charge on any atom is 0.271 e. The molecule has 0 fully saturated rings. The Morgan fingerprint density at radius 2 is 1.90 bits per heavy atom. The smallest absolute Gasteiger partial charge is 0.271 e. The van der Waals surface area contributed by atoms with Crippen LogP contribution in [0.15, 0.2) is 36.4 Å². The second-order valence-electron chi connectivity index (χ2n) is 3.73. The van der Waals surface area contributed by atoms with Gasteiger partial charge in [0.25, 0.3) is 5.69 Å². The average Bonchev–Trinajstić information content (AvgIpc) is 2.43. The molecule has 5 nitrogen and oxygen atoms in total. The molecular formula is C13H6Cl2N2O3. The molecule has 0 N–H and O–H groups in total. The number of non-ortho nitro benzene ring substituents is 1. The van der Waals surface area contributed by atoms with Gasteiger partial charge in [0.2, 0.25) is 0 Å². The van der Waals surface area contributed by atoms with E-state index in [1.54, 1.807) is 12.1 Å². The van der Waals surface area contributed by atoms with Crippen molar-refractivity contribution in [3.63, 3.8) is 0 Å². The molecule has 0 radical (unpaired) electrons. The molecule has 0 saturated carbocycles. The SMILES string of the molecule is N#Cc1cc([N+](=O)[O-])ccc1Oc1ccc(Cl)c(Cl)c1. The largest absolute Gasteiger partial charge is 0.456 e. The molecule has 0 saturated heterocycles. The average molecular weight is 309 g/mol. The van der Waals surface area contributed by atoms with Gasteiger partial charge in [-0.05, 0) is 18.2 Å². The Bertz CT molecular complexity index is 726. The maximum absolute atomic E-state index is 10.6. The van der Waals surface area contributed by atoms with E-state index in [9.17, 15) is 10.1 Å². The summed E-state index contributed by atoms with van der Waals surface area (Å²) in [6, 6.07) is 10.2. The number of hydrogen-bond donors (Lipinski definition) is 0. The number of nitrogens with zero attached hydrogens (tertiary/aromatic N) is 2. The minimum atomic E-state index is -0.580. The van der Waals surface area contributed by atoms with E-state index in [4.69, 9.17) is 33.2 Å². The molecule has 0 amide bonds. The van der Waals surface area contributed by atoms with Gasteiger partial charge in [-0.2, -0.15) is 5.26 Å². The highest BCUT2D eigenvalue weighted by molar-refractivity contribution is 6.42. The fourth-order valence-electron chi connectivity index (χ4n) is 1.48. The zero-order valence-electron chi connectivity index (χ0n) is 9.84. The first-order chi connectivity index (χ1) is 9.51. The summed E-state index contributed by atoms with van der Waals surface area (Å²) in [5.74, 6) is 0.584. The van der Waals surface area contributed by atoms with Crippen LogP contribution in [0.3, 0.4) is 0 Å². The highest BCUT2D eigenvalue weighted by Gasteiger charge is 2.12. The summed E-state index contributed by atoms with van der Waals surface area (Å²) in [7, 11) is 0. The zero-order valence-corrected chi connectivity index (χ0v) is 11.4. The highest BCUT2D eigenvalue weighted by atomic mass is 35.5. The van der Waals surface area contributed by atoms with Crippen LogP contribution in [0.5, 0.6) is 11.5 Å². The first kappa shape index (κ1) is 14.1. The quantitative estimate of drug-likeness (QED) is 0.615. The Morgan fingerprint density at radius 3 is 2.50 bits per heavy atom. The van der Waals surface area contributed by atoms with Crippen molar-refractivity contribution in [2.45, 2.75) is 0 Å². The van der Waals surface area contributed by atoms with Gasteiger partial charge in [-0.1, -0.05) is 23.2 Å². The van der Waals surface area contributed by atoms with E-state index in [2.05, 4.69) is 0 Å². The summed E-state index contributed by atoms with van der Waals surface area (Å²) in [6.07, 6.45) is 0. The Labute approximate surface area is 124 Å². The number of nitriles is 1. The molecule has 2 rings (SSSR count). The van der Waals surface area contributed by atoms with E-state index < -0.39 is 4.92 Å². The number of nitro groups is 1. The lowest BCUT2D eigenvalue weighted by Gasteiger charge is -2.08. The van der Waals surface area contributed by atoms with E-state index in [1.165, 1.54) is 18.2 Å². The molecule has 100 valence electrons. The third kappa shape index (κ3) is 2.99. The van der Waals surface area contributed by atoms with Crippen molar-refractivity contribution in [2.75, 3.05) is 0 Å². The number of benzene rings is 2. The molecule has 0 unspecified atom stereocenters. The van der Waals surface area contributed by atoms with Crippen LogP contribution in [0.25, 0.3) is 0 Å². The molecule has 0 aliphatic heterocycles. The Balaban J connectivity index is 2.36. The van der Waals surface area contributed by atoms with Crippen molar-refractivity contribution in [3.05, 3.63) is 62.1 Å². The molecule has 7 heteroatoms. The number of rotatable bonds is 3. The van der Waals surface area contributed by atoms with Gasteiger partial charge in [0.1, 0.15) is 23.1 Å². The van der Waals surface area contributed by atoms with E-state index in [0.717, 1.165) is 6.07 Å². The van der Waals surface area contributed by atoms with Gasteiger partial charge in [0.15, 0.2) is 0 Å². The molecule has 2 aromatic rings. The van der Waals surface area contributed by atoms with Gasteiger partial charge < -0.3 is 4.74 Å². The van der Waals surface area contributed by atoms with Gasteiger partial charge in [0, 0.05) is 18.2 Å². The number of hydrogen-bond acceptors (Lipinski definition) is 4.